The number of ether oxygens (including phenoxy) is 1. The third-order valence-corrected chi connectivity index (χ3v) is 4.86. The Bertz CT molecular complexity index is 884. The van der Waals surface area contributed by atoms with Gasteiger partial charge in [-0.2, -0.15) is 0 Å². The van der Waals surface area contributed by atoms with E-state index in [1.807, 2.05) is 0 Å². The number of amides is 2. The van der Waals surface area contributed by atoms with Gasteiger partial charge in [0.2, 0.25) is 0 Å². The Hall–Kier alpha value is -2.57. The molecule has 1 N–H and O–H groups in total. The van der Waals surface area contributed by atoms with Crippen LogP contribution in [0.4, 0.5) is 9.18 Å². The standard InChI is InChI=1S/C21H27FN2O4/c1-13-16-11-14(22)8-9-17(16)27-18(13)19(25)24-10-6-5-7-15(24)12-23-20(26)28-21(2,3)4/h8-9,11,15H,5-7,10,12H2,1-4H3,(H,23,26). The largest absolute Gasteiger partial charge is 0.451 e. The number of likely N-dealkylation sites (tertiary alicyclic amines) is 1. The van der Waals surface area contributed by atoms with Gasteiger partial charge in [0.05, 0.1) is 0 Å². The van der Waals surface area contributed by atoms with Gasteiger partial charge in [-0.15, -0.1) is 0 Å². The lowest BCUT2D eigenvalue weighted by molar-refractivity contribution is 0.0453. The molecule has 0 spiro atoms. The van der Waals surface area contributed by atoms with Gasteiger partial charge in [0.15, 0.2) is 5.76 Å². The van der Waals surface area contributed by atoms with E-state index in [0.29, 0.717) is 29.6 Å². The number of nitrogens with zero attached hydrogens (tertiary/aromatic N) is 1. The van der Waals surface area contributed by atoms with Crippen molar-refractivity contribution >= 4 is 23.0 Å². The molecule has 28 heavy (non-hydrogen) atoms. The van der Waals surface area contributed by atoms with Gasteiger partial charge < -0.3 is 19.4 Å². The number of piperidine rings is 1. The molecule has 2 heterocycles. The van der Waals surface area contributed by atoms with Gasteiger partial charge >= 0.3 is 6.09 Å². The molecular formula is C21H27FN2O4. The molecule has 1 saturated heterocycles. The number of halogens is 1. The van der Waals surface area contributed by atoms with Crippen LogP contribution in [-0.4, -0.2) is 41.6 Å². The quantitative estimate of drug-likeness (QED) is 0.843. The third-order valence-electron chi connectivity index (χ3n) is 4.86. The average molecular weight is 390 g/mol. The molecular weight excluding hydrogens is 363 g/mol. The Labute approximate surface area is 164 Å². The van der Waals surface area contributed by atoms with Gasteiger partial charge in [0.1, 0.15) is 17.0 Å². The van der Waals surface area contributed by atoms with Crippen molar-refractivity contribution in [3.05, 3.63) is 35.3 Å². The molecule has 1 aromatic carbocycles. The highest BCUT2D eigenvalue weighted by atomic mass is 19.1. The molecule has 1 fully saturated rings. The second kappa shape index (κ2) is 7.81. The molecule has 0 aliphatic carbocycles. The maximum atomic E-state index is 13.5. The molecule has 1 unspecified atom stereocenters. The summed E-state index contributed by atoms with van der Waals surface area (Å²) in [5, 5.41) is 3.36. The van der Waals surface area contributed by atoms with Crippen LogP contribution >= 0.6 is 0 Å². The minimum absolute atomic E-state index is 0.141. The minimum Gasteiger partial charge on any atom is -0.451 e. The van der Waals surface area contributed by atoms with Crippen LogP contribution in [0.5, 0.6) is 0 Å². The van der Waals surface area contributed by atoms with E-state index in [1.54, 1.807) is 32.6 Å². The summed E-state index contributed by atoms with van der Waals surface area (Å²) in [6, 6.07) is 4.08. The van der Waals surface area contributed by atoms with Crippen molar-refractivity contribution in [2.24, 2.45) is 0 Å². The van der Waals surface area contributed by atoms with E-state index in [4.69, 9.17) is 9.15 Å². The van der Waals surface area contributed by atoms with Crippen LogP contribution < -0.4 is 5.32 Å². The van der Waals surface area contributed by atoms with Gasteiger partial charge in [-0.25, -0.2) is 9.18 Å². The lowest BCUT2D eigenvalue weighted by atomic mass is 10.0. The van der Waals surface area contributed by atoms with Gasteiger partial charge in [0, 0.05) is 30.1 Å². The van der Waals surface area contributed by atoms with Gasteiger partial charge in [-0.05, 0) is 65.2 Å². The molecule has 1 aliphatic rings. The maximum absolute atomic E-state index is 13.5. The molecule has 1 aromatic heterocycles. The van der Waals surface area contributed by atoms with Crippen molar-refractivity contribution in [1.29, 1.82) is 0 Å². The second-order valence-electron chi connectivity index (χ2n) is 8.23. The smallest absolute Gasteiger partial charge is 0.407 e. The highest BCUT2D eigenvalue weighted by Crippen LogP contribution is 2.29. The number of carbonyl (C=O) groups is 2. The number of hydrogen-bond acceptors (Lipinski definition) is 4. The second-order valence-corrected chi connectivity index (χ2v) is 8.23. The summed E-state index contributed by atoms with van der Waals surface area (Å²) in [6.45, 7) is 8.07. The predicted molar refractivity (Wildman–Crippen MR) is 104 cm³/mol. The van der Waals surface area contributed by atoms with Gasteiger partial charge in [-0.3, -0.25) is 4.79 Å². The first kappa shape index (κ1) is 20.2. The highest BCUT2D eigenvalue weighted by Gasteiger charge is 2.31. The first-order valence-electron chi connectivity index (χ1n) is 9.62. The van der Waals surface area contributed by atoms with E-state index in [-0.39, 0.29) is 23.5 Å². The van der Waals surface area contributed by atoms with Crippen molar-refractivity contribution in [3.8, 4) is 0 Å². The summed E-state index contributed by atoms with van der Waals surface area (Å²) in [7, 11) is 0. The molecule has 2 aromatic rings. The lowest BCUT2D eigenvalue weighted by Crippen LogP contribution is -2.50. The summed E-state index contributed by atoms with van der Waals surface area (Å²) in [5.74, 6) is -0.373. The van der Waals surface area contributed by atoms with Crippen molar-refractivity contribution < 1.29 is 23.1 Å². The van der Waals surface area contributed by atoms with Crippen molar-refractivity contribution in [2.45, 2.75) is 58.6 Å². The molecule has 2 amide bonds. The van der Waals surface area contributed by atoms with Crippen LogP contribution in [0.2, 0.25) is 0 Å². The molecule has 0 saturated carbocycles. The first-order valence-corrected chi connectivity index (χ1v) is 9.62. The van der Waals surface area contributed by atoms with E-state index in [2.05, 4.69) is 5.32 Å². The van der Waals surface area contributed by atoms with Crippen molar-refractivity contribution in [2.75, 3.05) is 13.1 Å². The van der Waals surface area contributed by atoms with Crippen LogP contribution in [-0.2, 0) is 4.74 Å². The Balaban J connectivity index is 1.75. The number of fused-ring (bicyclic) bond motifs is 1. The summed E-state index contributed by atoms with van der Waals surface area (Å²) in [6.07, 6.45) is 2.16. The Morgan fingerprint density at radius 2 is 2.07 bits per heavy atom. The Morgan fingerprint density at radius 3 is 2.79 bits per heavy atom. The molecule has 1 aliphatic heterocycles. The normalized spacial score (nSPS) is 17.6. The Morgan fingerprint density at radius 1 is 1.32 bits per heavy atom. The van der Waals surface area contributed by atoms with Crippen LogP contribution in [0.3, 0.4) is 0 Å². The molecule has 6 nitrogen and oxygen atoms in total. The number of rotatable bonds is 3. The van der Waals surface area contributed by atoms with Crippen LogP contribution in [0.1, 0.15) is 56.2 Å². The van der Waals surface area contributed by atoms with Crippen LogP contribution in [0.25, 0.3) is 11.0 Å². The van der Waals surface area contributed by atoms with Crippen molar-refractivity contribution in [1.82, 2.24) is 10.2 Å². The Kier molecular flexibility index (Phi) is 5.63. The SMILES string of the molecule is Cc1c(C(=O)N2CCCCC2CNC(=O)OC(C)(C)C)oc2ccc(F)cc12. The van der Waals surface area contributed by atoms with Crippen LogP contribution in [0.15, 0.2) is 22.6 Å². The zero-order valence-electron chi connectivity index (χ0n) is 16.8. The fourth-order valence-corrected chi connectivity index (χ4v) is 3.52. The van der Waals surface area contributed by atoms with Crippen molar-refractivity contribution in [3.63, 3.8) is 0 Å². The summed E-state index contributed by atoms with van der Waals surface area (Å²) in [4.78, 5) is 26.9. The topological polar surface area (TPSA) is 71.8 Å². The highest BCUT2D eigenvalue weighted by molar-refractivity contribution is 5.99. The molecule has 152 valence electrons. The number of nitrogens with one attached hydrogen (secondary N) is 1. The zero-order valence-corrected chi connectivity index (χ0v) is 16.8. The van der Waals surface area contributed by atoms with Crippen LogP contribution in [0, 0.1) is 12.7 Å². The molecule has 1 atom stereocenters. The molecule has 0 bridgehead atoms. The van der Waals surface area contributed by atoms with E-state index in [9.17, 15) is 14.0 Å². The molecule has 3 rings (SSSR count). The lowest BCUT2D eigenvalue weighted by Gasteiger charge is -2.35. The predicted octanol–water partition coefficient (Wildman–Crippen LogP) is 4.40. The number of carbonyl (C=O) groups excluding carboxylic acids is 2. The summed E-state index contributed by atoms with van der Waals surface area (Å²) in [5.41, 5.74) is 0.541. The van der Waals surface area contributed by atoms with Gasteiger partial charge in [0.25, 0.3) is 5.91 Å². The number of aryl methyl sites for hydroxylation is 1. The van der Waals surface area contributed by atoms with E-state index in [1.165, 1.54) is 18.2 Å². The first-order chi connectivity index (χ1) is 13.2. The fourth-order valence-electron chi connectivity index (χ4n) is 3.52. The number of furan rings is 1. The number of hydrogen-bond donors (Lipinski definition) is 1. The molecule has 0 radical (unpaired) electrons. The van der Waals surface area contributed by atoms with E-state index < -0.39 is 11.7 Å². The van der Waals surface area contributed by atoms with Gasteiger partial charge in [-0.1, -0.05) is 0 Å². The van der Waals surface area contributed by atoms with E-state index >= 15 is 0 Å². The minimum atomic E-state index is -0.577. The summed E-state index contributed by atoms with van der Waals surface area (Å²) < 4.78 is 24.6. The number of benzene rings is 1. The fraction of sp³-hybridized carbons (Fsp3) is 0.524. The number of alkyl carbamates (subject to hydrolysis) is 1. The zero-order chi connectivity index (χ0) is 20.5. The molecule has 7 heteroatoms. The summed E-state index contributed by atoms with van der Waals surface area (Å²) >= 11 is 0. The monoisotopic (exact) mass is 390 g/mol. The average Bonchev–Trinajstić information content (AvgIpc) is 2.94. The maximum Gasteiger partial charge on any atom is 0.407 e. The van der Waals surface area contributed by atoms with E-state index in [0.717, 1.165) is 19.3 Å². The third kappa shape index (κ3) is 4.46.